The number of hydrogen-bond acceptors (Lipinski definition) is 3. The molecule has 1 unspecified atom stereocenters. The van der Waals surface area contributed by atoms with Crippen molar-refractivity contribution in [1.82, 2.24) is 19.3 Å². The molecule has 3 aromatic heterocycles. The van der Waals surface area contributed by atoms with E-state index in [1.54, 1.807) is 0 Å². The normalized spacial score (nSPS) is 17.5. The summed E-state index contributed by atoms with van der Waals surface area (Å²) in [6.45, 7) is 15.9. The van der Waals surface area contributed by atoms with E-state index in [0.717, 1.165) is 58.3 Å². The molecule has 0 saturated carbocycles. The van der Waals surface area contributed by atoms with Gasteiger partial charge in [-0.2, -0.15) is 5.10 Å². The van der Waals surface area contributed by atoms with Crippen LogP contribution in [0.5, 0.6) is 11.5 Å². The summed E-state index contributed by atoms with van der Waals surface area (Å²) >= 11 is 0. The van der Waals surface area contributed by atoms with Crippen LogP contribution in [0, 0.1) is 18.8 Å². The third kappa shape index (κ3) is 6.47. The quantitative estimate of drug-likeness (QED) is 0.141. The highest BCUT2D eigenvalue weighted by Crippen LogP contribution is 2.46. The summed E-state index contributed by atoms with van der Waals surface area (Å²) in [6, 6.07) is 36.8. The highest BCUT2D eigenvalue weighted by Gasteiger charge is 2.33. The van der Waals surface area contributed by atoms with Crippen molar-refractivity contribution >= 4 is 21.8 Å². The molecule has 53 heavy (non-hydrogen) atoms. The first kappa shape index (κ1) is 34.7. The Bertz CT molecular complexity index is 2470. The minimum Gasteiger partial charge on any atom is -0.457 e. The maximum atomic E-state index is 6.85. The highest BCUT2D eigenvalue weighted by molar-refractivity contribution is 6.09. The number of aryl methyl sites for hydroxylation is 2. The van der Waals surface area contributed by atoms with Crippen LogP contribution >= 0.6 is 0 Å². The highest BCUT2D eigenvalue weighted by atomic mass is 16.5. The summed E-state index contributed by atoms with van der Waals surface area (Å²) in [6.07, 6.45) is 7.68. The number of para-hydroxylation sites is 1. The standard InChI is InChI=1S/C48H50N4O/c1-8-14-35-21-22-49-45(25-35)51-43-18-13-12-17-41(43)42-20-19-39(29-44(42)51)53-40-27-37(30(2)3)26-38(28-40)52-48(36-15-10-9-11-16-36)47(34(7)50-52)46-32(5)23-31(4)24-33(46)6/h9-13,15-23,25-31,33,46H,8,14,24H2,1-7H3/t31-,33?,46-/m0/s1. The Morgan fingerprint density at radius 1 is 0.811 bits per heavy atom. The molecule has 3 heterocycles. The van der Waals surface area contributed by atoms with E-state index >= 15 is 0 Å². The van der Waals surface area contributed by atoms with Gasteiger partial charge in [0.2, 0.25) is 0 Å². The molecule has 1 aliphatic carbocycles. The van der Waals surface area contributed by atoms with E-state index in [4.69, 9.17) is 14.8 Å². The molecule has 1 aliphatic rings. The summed E-state index contributed by atoms with van der Waals surface area (Å²) in [5.41, 5.74) is 11.9. The number of allylic oxidation sites excluding steroid dienone is 2. The zero-order valence-electron chi connectivity index (χ0n) is 32.1. The third-order valence-electron chi connectivity index (χ3n) is 11.1. The molecule has 0 spiro atoms. The topological polar surface area (TPSA) is 44.9 Å². The fourth-order valence-electron chi connectivity index (χ4n) is 8.82. The van der Waals surface area contributed by atoms with E-state index in [9.17, 15) is 0 Å². The summed E-state index contributed by atoms with van der Waals surface area (Å²) in [7, 11) is 0. The second-order valence-corrected chi connectivity index (χ2v) is 15.5. The lowest BCUT2D eigenvalue weighted by Crippen LogP contribution is -2.20. The number of pyridine rings is 1. The molecule has 7 aromatic rings. The first-order valence-electron chi connectivity index (χ1n) is 19.3. The largest absolute Gasteiger partial charge is 0.457 e. The van der Waals surface area contributed by atoms with Crippen LogP contribution in [0.2, 0.25) is 0 Å². The van der Waals surface area contributed by atoms with Gasteiger partial charge in [0.05, 0.1) is 28.1 Å². The fourth-order valence-corrected chi connectivity index (χ4v) is 8.82. The summed E-state index contributed by atoms with van der Waals surface area (Å²) in [4.78, 5) is 4.85. The number of benzene rings is 4. The predicted molar refractivity (Wildman–Crippen MR) is 220 cm³/mol. The number of rotatable bonds is 9. The number of ether oxygens (including phenoxy) is 1. The van der Waals surface area contributed by atoms with Crippen molar-refractivity contribution in [2.75, 3.05) is 0 Å². The molecule has 4 aromatic carbocycles. The number of fused-ring (bicyclic) bond motifs is 3. The molecule has 0 bridgehead atoms. The van der Waals surface area contributed by atoms with Crippen LogP contribution in [0.15, 0.2) is 121 Å². The molecule has 0 N–H and O–H groups in total. The second-order valence-electron chi connectivity index (χ2n) is 15.5. The monoisotopic (exact) mass is 698 g/mol. The molecule has 5 nitrogen and oxygen atoms in total. The van der Waals surface area contributed by atoms with Crippen molar-refractivity contribution in [3.8, 4) is 34.3 Å². The van der Waals surface area contributed by atoms with Crippen LogP contribution in [-0.2, 0) is 6.42 Å². The minimum absolute atomic E-state index is 0.296. The molecule has 0 radical (unpaired) electrons. The third-order valence-corrected chi connectivity index (χ3v) is 11.1. The number of hydrogen-bond donors (Lipinski definition) is 0. The van der Waals surface area contributed by atoms with Gasteiger partial charge in [0.1, 0.15) is 17.3 Å². The smallest absolute Gasteiger partial charge is 0.137 e. The number of aromatic nitrogens is 4. The van der Waals surface area contributed by atoms with Crippen molar-refractivity contribution < 1.29 is 4.74 Å². The Labute approximate surface area is 314 Å². The Hall–Kier alpha value is -5.42. The fraction of sp³-hybridized carbons (Fsp3) is 0.292. The molecule has 0 fully saturated rings. The van der Waals surface area contributed by atoms with Crippen molar-refractivity contribution in [3.63, 3.8) is 0 Å². The van der Waals surface area contributed by atoms with Gasteiger partial charge in [0, 0.05) is 46.1 Å². The van der Waals surface area contributed by atoms with E-state index in [0.29, 0.717) is 23.7 Å². The summed E-state index contributed by atoms with van der Waals surface area (Å²) < 4.78 is 11.3. The Morgan fingerprint density at radius 2 is 1.58 bits per heavy atom. The van der Waals surface area contributed by atoms with Gasteiger partial charge in [0.25, 0.3) is 0 Å². The van der Waals surface area contributed by atoms with Gasteiger partial charge in [-0.3, -0.25) is 4.57 Å². The zero-order chi connectivity index (χ0) is 36.8. The maximum absolute atomic E-state index is 6.85. The van der Waals surface area contributed by atoms with Gasteiger partial charge in [-0.05, 0) is 98.0 Å². The van der Waals surface area contributed by atoms with E-state index in [1.165, 1.54) is 45.0 Å². The molecule has 268 valence electrons. The molecule has 0 amide bonds. The molecule has 5 heteroatoms. The van der Waals surface area contributed by atoms with Crippen LogP contribution < -0.4 is 4.74 Å². The van der Waals surface area contributed by atoms with E-state index in [-0.39, 0.29) is 0 Å². The van der Waals surface area contributed by atoms with Crippen LogP contribution in [0.25, 0.3) is 44.6 Å². The second kappa shape index (κ2) is 14.2. The maximum Gasteiger partial charge on any atom is 0.137 e. The first-order chi connectivity index (χ1) is 25.7. The van der Waals surface area contributed by atoms with E-state index < -0.39 is 0 Å². The average molecular weight is 699 g/mol. The predicted octanol–water partition coefficient (Wildman–Crippen LogP) is 12.9. The first-order valence-corrected chi connectivity index (χ1v) is 19.3. The van der Waals surface area contributed by atoms with Gasteiger partial charge in [-0.25, -0.2) is 9.67 Å². The lowest BCUT2D eigenvalue weighted by atomic mass is 9.72. The van der Waals surface area contributed by atoms with E-state index in [2.05, 4.69) is 167 Å². The van der Waals surface area contributed by atoms with Gasteiger partial charge >= 0.3 is 0 Å². The van der Waals surface area contributed by atoms with Crippen molar-refractivity contribution in [3.05, 3.63) is 143 Å². The zero-order valence-corrected chi connectivity index (χ0v) is 32.1. The lowest BCUT2D eigenvalue weighted by Gasteiger charge is -2.32. The molecular formula is C48H50N4O. The number of nitrogens with zero attached hydrogens (tertiary/aromatic N) is 4. The Morgan fingerprint density at radius 3 is 2.36 bits per heavy atom. The van der Waals surface area contributed by atoms with Gasteiger partial charge < -0.3 is 4.74 Å². The Kier molecular flexibility index (Phi) is 9.28. The van der Waals surface area contributed by atoms with E-state index in [1.807, 2.05) is 6.20 Å². The van der Waals surface area contributed by atoms with Crippen molar-refractivity contribution in [2.45, 2.75) is 79.6 Å². The lowest BCUT2D eigenvalue weighted by molar-refractivity contribution is 0.391. The van der Waals surface area contributed by atoms with Crippen LogP contribution in [0.3, 0.4) is 0 Å². The Balaban J connectivity index is 1.26. The SMILES string of the molecule is CCCc1ccnc(-n2c3ccccc3c3ccc(Oc4cc(C(C)C)cc(-n5nc(C)c([C@H]6C(C)=C[C@H](C)CC6C)c5-c5ccccc5)c4)cc32)c1. The van der Waals surface area contributed by atoms with Gasteiger partial charge in [-0.15, -0.1) is 0 Å². The van der Waals surface area contributed by atoms with Gasteiger partial charge in [0.15, 0.2) is 0 Å². The van der Waals surface area contributed by atoms with Crippen LogP contribution in [-0.4, -0.2) is 19.3 Å². The summed E-state index contributed by atoms with van der Waals surface area (Å²) in [5, 5.41) is 7.70. The molecule has 0 saturated heterocycles. The van der Waals surface area contributed by atoms with Crippen molar-refractivity contribution in [1.29, 1.82) is 0 Å². The molecule has 8 rings (SSSR count). The summed E-state index contributed by atoms with van der Waals surface area (Å²) in [5.74, 6) is 4.21. The van der Waals surface area contributed by atoms with Crippen LogP contribution in [0.4, 0.5) is 0 Å². The van der Waals surface area contributed by atoms with Gasteiger partial charge in [-0.1, -0.05) is 101 Å². The molecule has 0 aliphatic heterocycles. The minimum atomic E-state index is 0.296. The average Bonchev–Trinajstić information content (AvgIpc) is 3.66. The molecular weight excluding hydrogens is 649 g/mol. The van der Waals surface area contributed by atoms with Crippen molar-refractivity contribution in [2.24, 2.45) is 11.8 Å². The van der Waals surface area contributed by atoms with Crippen LogP contribution in [0.1, 0.15) is 88.6 Å². The molecule has 3 atom stereocenters.